The number of amides is 4. The number of anilines is 3. The Kier molecular flexibility index (Phi) is 11.2. The predicted molar refractivity (Wildman–Crippen MR) is 247 cm³/mol. The van der Waals surface area contributed by atoms with E-state index in [9.17, 15) is 19.2 Å². The van der Waals surface area contributed by atoms with Gasteiger partial charge in [-0.05, 0) is 104 Å². The van der Waals surface area contributed by atoms with Crippen molar-refractivity contribution in [2.45, 2.75) is 96.3 Å². The minimum absolute atomic E-state index is 0.0118. The molecule has 67 heavy (non-hydrogen) atoms. The zero-order valence-electron chi connectivity index (χ0n) is 38.1. The minimum atomic E-state index is -2.73. The monoisotopic (exact) mass is 914 g/mol. The fourth-order valence-electron chi connectivity index (χ4n) is 11.7. The Morgan fingerprint density at radius 3 is 2.46 bits per heavy atom. The molecular formula is C50H56F2N10O5. The summed E-state index contributed by atoms with van der Waals surface area (Å²) in [5.74, 6) is 1.00. The van der Waals surface area contributed by atoms with Crippen molar-refractivity contribution in [3.63, 3.8) is 0 Å². The molecule has 15 nitrogen and oxygen atoms in total. The van der Waals surface area contributed by atoms with E-state index in [1.54, 1.807) is 49.7 Å². The molecule has 9 heterocycles. The SMILES string of the molecule is COc1cn2ccnc2cc1-c1cc2c(cc1C(F)F)N(c1nn(C3CCN(CC4CCN(c5ccc6c(c5)CN(C5CCC(=O)NC5=O)C6=O)CC4)CC3)c3c1CN(C(C)=O)CC3)CCC2. The largest absolute Gasteiger partial charge is 0.495 e. The molecule has 4 amide bonds. The van der Waals surface area contributed by atoms with E-state index in [1.807, 2.05) is 27.5 Å². The highest BCUT2D eigenvalue weighted by Crippen LogP contribution is 2.46. The maximum Gasteiger partial charge on any atom is 0.264 e. The predicted octanol–water partition coefficient (Wildman–Crippen LogP) is 6.45. The van der Waals surface area contributed by atoms with Gasteiger partial charge in [0.2, 0.25) is 17.7 Å². The average molecular weight is 915 g/mol. The Labute approximate surface area is 387 Å². The Morgan fingerprint density at radius 2 is 1.70 bits per heavy atom. The second-order valence-corrected chi connectivity index (χ2v) is 19.2. The normalized spacial score (nSPS) is 20.7. The third-order valence-electron chi connectivity index (χ3n) is 15.3. The number of rotatable bonds is 9. The molecule has 1 N–H and O–H groups in total. The maximum absolute atomic E-state index is 15.2. The molecular weight excluding hydrogens is 859 g/mol. The lowest BCUT2D eigenvalue weighted by Crippen LogP contribution is -2.52. The van der Waals surface area contributed by atoms with Crippen LogP contribution in [0.25, 0.3) is 16.8 Å². The number of ether oxygens (including phenoxy) is 1. The van der Waals surface area contributed by atoms with E-state index in [0.29, 0.717) is 73.0 Å². The van der Waals surface area contributed by atoms with Crippen molar-refractivity contribution in [3.05, 3.63) is 88.5 Å². The first-order valence-corrected chi connectivity index (χ1v) is 23.9. The molecule has 0 spiro atoms. The van der Waals surface area contributed by atoms with E-state index in [1.165, 1.54) is 0 Å². The fourth-order valence-corrected chi connectivity index (χ4v) is 11.7. The van der Waals surface area contributed by atoms with Crippen LogP contribution in [0, 0.1) is 5.92 Å². The molecule has 0 radical (unpaired) electrons. The molecule has 3 aromatic heterocycles. The molecule has 11 rings (SSSR count). The van der Waals surface area contributed by atoms with Gasteiger partial charge in [0.1, 0.15) is 17.4 Å². The van der Waals surface area contributed by atoms with Crippen LogP contribution in [-0.2, 0) is 40.3 Å². The summed E-state index contributed by atoms with van der Waals surface area (Å²) < 4.78 is 40.1. The number of alkyl halides is 2. The Hall–Kier alpha value is -6.36. The zero-order valence-corrected chi connectivity index (χ0v) is 38.1. The first-order chi connectivity index (χ1) is 32.5. The van der Waals surface area contributed by atoms with Crippen LogP contribution in [0.2, 0.25) is 0 Å². The van der Waals surface area contributed by atoms with Crippen LogP contribution >= 0.6 is 0 Å². The summed E-state index contributed by atoms with van der Waals surface area (Å²) >= 11 is 0. The first kappa shape index (κ1) is 43.2. The van der Waals surface area contributed by atoms with Crippen molar-refractivity contribution in [2.24, 2.45) is 5.92 Å². The number of methoxy groups -OCH3 is 1. The second-order valence-electron chi connectivity index (χ2n) is 19.2. The van der Waals surface area contributed by atoms with Gasteiger partial charge in [0.05, 0.1) is 25.9 Å². The van der Waals surface area contributed by atoms with Crippen LogP contribution in [0.4, 0.5) is 26.0 Å². The second kappa shape index (κ2) is 17.4. The van der Waals surface area contributed by atoms with Crippen molar-refractivity contribution >= 4 is 46.5 Å². The van der Waals surface area contributed by atoms with Crippen LogP contribution in [0.5, 0.6) is 5.75 Å². The summed E-state index contributed by atoms with van der Waals surface area (Å²) in [7, 11) is 1.55. The van der Waals surface area contributed by atoms with Crippen molar-refractivity contribution < 1.29 is 32.7 Å². The number of halogens is 2. The van der Waals surface area contributed by atoms with Gasteiger partial charge >= 0.3 is 0 Å². The first-order valence-electron chi connectivity index (χ1n) is 23.9. The third kappa shape index (κ3) is 7.87. The van der Waals surface area contributed by atoms with Crippen molar-refractivity contribution in [2.75, 3.05) is 62.7 Å². The lowest BCUT2D eigenvalue weighted by atomic mass is 9.91. The molecule has 17 heteroatoms. The number of hydrogen-bond donors (Lipinski definition) is 1. The van der Waals surface area contributed by atoms with Crippen LogP contribution < -0.4 is 19.9 Å². The number of carbonyl (C=O) groups excluding carboxylic acids is 4. The highest BCUT2D eigenvalue weighted by molar-refractivity contribution is 6.05. The molecule has 2 aromatic carbocycles. The summed E-state index contributed by atoms with van der Waals surface area (Å²) in [5, 5.41) is 7.77. The number of pyridine rings is 1. The molecule has 0 aliphatic carbocycles. The number of fused-ring (bicyclic) bond motifs is 4. The van der Waals surface area contributed by atoms with Gasteiger partial charge in [-0.25, -0.2) is 13.8 Å². The highest BCUT2D eigenvalue weighted by atomic mass is 19.3. The zero-order chi connectivity index (χ0) is 46.1. The van der Waals surface area contributed by atoms with Gasteiger partial charge in [-0.1, -0.05) is 0 Å². The van der Waals surface area contributed by atoms with E-state index >= 15 is 8.78 Å². The molecule has 3 saturated heterocycles. The minimum Gasteiger partial charge on any atom is -0.495 e. The van der Waals surface area contributed by atoms with Crippen molar-refractivity contribution in [1.29, 1.82) is 0 Å². The standard InChI is InChI=1S/C50H56F2N10O5/c1-30(63)58-20-13-41-40(28-58)48(60-15-3-4-32-23-37(39(47(51)52)24-43(32)60)38-25-45-53-14-21-59(45)29-44(38)67-2)55-62(41)34-11-16-56(17-12-34)26-31-9-18-57(19-10-31)35-5-6-36-33(22-35)27-61(50(36)66)42-7-8-46(64)54-49(42)65/h5-6,14,21-25,29,31,34,42,47H,3-4,7-13,15-20,26-28H2,1-2H3,(H,54,64,65). The van der Waals surface area contributed by atoms with Gasteiger partial charge in [0.25, 0.3) is 12.3 Å². The van der Waals surface area contributed by atoms with Crippen LogP contribution in [0.3, 0.4) is 0 Å². The topological polar surface area (TPSA) is 141 Å². The van der Waals surface area contributed by atoms with Crippen LogP contribution in [0.1, 0.15) is 103 Å². The van der Waals surface area contributed by atoms with E-state index in [4.69, 9.17) is 9.84 Å². The Bertz CT molecular complexity index is 2790. The average Bonchev–Trinajstić information content (AvgIpc) is 4.05. The van der Waals surface area contributed by atoms with Crippen molar-refractivity contribution in [1.82, 2.24) is 39.2 Å². The number of aromatic nitrogens is 4. The Balaban J connectivity index is 0.773. The van der Waals surface area contributed by atoms with Gasteiger partial charge in [0, 0.05) is 124 Å². The molecule has 0 bridgehead atoms. The summed E-state index contributed by atoms with van der Waals surface area (Å²) in [6.45, 7) is 8.48. The van der Waals surface area contributed by atoms with Crippen molar-refractivity contribution in [3.8, 4) is 16.9 Å². The summed E-state index contributed by atoms with van der Waals surface area (Å²) in [4.78, 5) is 65.3. The lowest BCUT2D eigenvalue weighted by molar-refractivity contribution is -0.137. The van der Waals surface area contributed by atoms with Crippen LogP contribution in [-0.4, -0.2) is 116 Å². The smallest absolute Gasteiger partial charge is 0.264 e. The number of nitrogens with one attached hydrogen (secondary N) is 1. The van der Waals surface area contributed by atoms with E-state index in [2.05, 4.69) is 35.7 Å². The number of carbonyl (C=O) groups is 4. The summed E-state index contributed by atoms with van der Waals surface area (Å²) in [6.07, 6.45) is 9.39. The quantitative estimate of drug-likeness (QED) is 0.164. The molecule has 1 atom stereocenters. The maximum atomic E-state index is 15.2. The summed E-state index contributed by atoms with van der Waals surface area (Å²) in [5.41, 5.74) is 8.11. The molecule has 6 aliphatic rings. The molecule has 1 unspecified atom stereocenters. The molecule has 0 saturated carbocycles. The number of likely N-dealkylation sites (tertiary alicyclic amines) is 1. The van der Waals surface area contributed by atoms with E-state index in [-0.39, 0.29) is 35.7 Å². The molecule has 5 aromatic rings. The Morgan fingerprint density at radius 1 is 0.881 bits per heavy atom. The number of piperidine rings is 3. The van der Waals surface area contributed by atoms with Crippen LogP contribution in [0.15, 0.2) is 55.0 Å². The van der Waals surface area contributed by atoms with Gasteiger partial charge in [-0.15, -0.1) is 0 Å². The number of imide groups is 1. The fraction of sp³-hybridized carbons (Fsp3) is 0.480. The van der Waals surface area contributed by atoms with E-state index in [0.717, 1.165) is 111 Å². The molecule has 3 fully saturated rings. The lowest BCUT2D eigenvalue weighted by Gasteiger charge is -2.39. The number of nitrogens with zero attached hydrogens (tertiary/aromatic N) is 9. The third-order valence-corrected chi connectivity index (χ3v) is 15.3. The van der Waals surface area contributed by atoms with E-state index < -0.39 is 18.4 Å². The number of hydrogen-bond acceptors (Lipinski definition) is 10. The van der Waals surface area contributed by atoms with Gasteiger partial charge in [0.15, 0.2) is 5.82 Å². The number of benzene rings is 2. The number of aryl methyl sites for hydroxylation is 1. The summed E-state index contributed by atoms with van der Waals surface area (Å²) in [6, 6.07) is 10.9. The number of imidazole rings is 1. The highest BCUT2D eigenvalue weighted by Gasteiger charge is 2.40. The molecule has 350 valence electrons. The molecule has 6 aliphatic heterocycles. The van der Waals surface area contributed by atoms with Gasteiger partial charge in [-0.2, -0.15) is 5.10 Å². The van der Waals surface area contributed by atoms with Gasteiger partial charge in [-0.3, -0.25) is 29.2 Å². The van der Waals surface area contributed by atoms with Gasteiger partial charge < -0.3 is 33.6 Å².